The van der Waals surface area contributed by atoms with Crippen molar-refractivity contribution >= 4 is 17.8 Å². The lowest BCUT2D eigenvalue weighted by Crippen LogP contribution is -2.39. The third-order valence-electron chi connectivity index (χ3n) is 3.54. The molecule has 1 heterocycles. The Bertz CT molecular complexity index is 530. The number of benzene rings is 1. The van der Waals surface area contributed by atoms with E-state index in [1.54, 1.807) is 29.2 Å². The van der Waals surface area contributed by atoms with Gasteiger partial charge >= 0.3 is 5.97 Å². The lowest BCUT2D eigenvalue weighted by Gasteiger charge is -2.16. The molecule has 112 valence electrons. The van der Waals surface area contributed by atoms with Crippen LogP contribution in [0.5, 0.6) is 0 Å². The largest absolute Gasteiger partial charge is 0.481 e. The Balaban J connectivity index is 1.78. The zero-order valence-electron chi connectivity index (χ0n) is 11.6. The SMILES string of the molecule is O=C(O)CC1CCN(C(=O)CNC(=O)c2ccccc2)C1. The monoisotopic (exact) mass is 290 g/mol. The Labute approximate surface area is 122 Å². The lowest BCUT2D eigenvalue weighted by molar-refractivity contribution is -0.138. The molecule has 2 N–H and O–H groups in total. The van der Waals surface area contributed by atoms with Gasteiger partial charge < -0.3 is 15.3 Å². The van der Waals surface area contributed by atoms with E-state index >= 15 is 0 Å². The van der Waals surface area contributed by atoms with Gasteiger partial charge in [0, 0.05) is 25.1 Å². The van der Waals surface area contributed by atoms with Crippen molar-refractivity contribution < 1.29 is 19.5 Å². The van der Waals surface area contributed by atoms with E-state index in [0.717, 1.165) is 0 Å². The first kappa shape index (κ1) is 15.0. The summed E-state index contributed by atoms with van der Waals surface area (Å²) >= 11 is 0. The van der Waals surface area contributed by atoms with Gasteiger partial charge in [0.1, 0.15) is 0 Å². The van der Waals surface area contributed by atoms with Crippen LogP contribution in [-0.2, 0) is 9.59 Å². The first-order chi connectivity index (χ1) is 10.1. The minimum Gasteiger partial charge on any atom is -0.481 e. The van der Waals surface area contributed by atoms with Crippen LogP contribution < -0.4 is 5.32 Å². The minimum absolute atomic E-state index is 0.0104. The zero-order valence-corrected chi connectivity index (χ0v) is 11.6. The van der Waals surface area contributed by atoms with Gasteiger partial charge in [-0.25, -0.2) is 0 Å². The predicted octanol–water partition coefficient (Wildman–Crippen LogP) is 0.740. The number of likely N-dealkylation sites (tertiary alicyclic amines) is 1. The van der Waals surface area contributed by atoms with Gasteiger partial charge in [-0.2, -0.15) is 0 Å². The molecule has 1 aromatic carbocycles. The molecule has 6 nitrogen and oxygen atoms in total. The van der Waals surface area contributed by atoms with E-state index in [4.69, 9.17) is 5.11 Å². The molecule has 0 aromatic heterocycles. The van der Waals surface area contributed by atoms with Crippen LogP contribution in [0, 0.1) is 5.92 Å². The maximum absolute atomic E-state index is 12.0. The normalized spacial score (nSPS) is 17.5. The highest BCUT2D eigenvalue weighted by Gasteiger charge is 2.27. The number of carboxylic acid groups (broad SMARTS) is 1. The summed E-state index contributed by atoms with van der Waals surface area (Å²) in [6, 6.07) is 8.69. The number of rotatable bonds is 5. The quantitative estimate of drug-likeness (QED) is 0.837. The van der Waals surface area contributed by atoms with Crippen LogP contribution in [0.3, 0.4) is 0 Å². The van der Waals surface area contributed by atoms with Crippen LogP contribution in [0.25, 0.3) is 0 Å². The van der Waals surface area contributed by atoms with E-state index in [0.29, 0.717) is 25.1 Å². The predicted molar refractivity (Wildman–Crippen MR) is 75.7 cm³/mol. The van der Waals surface area contributed by atoms with Crippen molar-refractivity contribution in [3.63, 3.8) is 0 Å². The van der Waals surface area contributed by atoms with Crippen molar-refractivity contribution in [1.82, 2.24) is 10.2 Å². The van der Waals surface area contributed by atoms with Crippen LogP contribution in [-0.4, -0.2) is 47.4 Å². The van der Waals surface area contributed by atoms with E-state index in [-0.39, 0.29) is 30.7 Å². The fourth-order valence-corrected chi connectivity index (χ4v) is 2.43. The van der Waals surface area contributed by atoms with E-state index in [1.165, 1.54) is 0 Å². The second-order valence-electron chi connectivity index (χ2n) is 5.14. The Kier molecular flexibility index (Phi) is 4.92. The molecule has 0 saturated carbocycles. The summed E-state index contributed by atoms with van der Waals surface area (Å²) in [5.41, 5.74) is 0.510. The molecule has 0 aliphatic carbocycles. The lowest BCUT2D eigenvalue weighted by atomic mass is 10.1. The number of nitrogens with zero attached hydrogens (tertiary/aromatic N) is 1. The maximum atomic E-state index is 12.0. The topological polar surface area (TPSA) is 86.7 Å². The van der Waals surface area contributed by atoms with Crippen LogP contribution in [0.4, 0.5) is 0 Å². The number of carbonyl (C=O) groups excluding carboxylic acids is 2. The average Bonchev–Trinajstić information content (AvgIpc) is 2.93. The van der Waals surface area contributed by atoms with Gasteiger partial charge in [-0.15, -0.1) is 0 Å². The number of carbonyl (C=O) groups is 3. The third-order valence-corrected chi connectivity index (χ3v) is 3.54. The average molecular weight is 290 g/mol. The molecule has 1 saturated heterocycles. The van der Waals surface area contributed by atoms with Crippen molar-refractivity contribution in [1.29, 1.82) is 0 Å². The van der Waals surface area contributed by atoms with Crippen molar-refractivity contribution in [2.24, 2.45) is 5.92 Å². The second-order valence-corrected chi connectivity index (χ2v) is 5.14. The zero-order chi connectivity index (χ0) is 15.2. The van der Waals surface area contributed by atoms with Crippen molar-refractivity contribution in [3.8, 4) is 0 Å². The molecule has 2 amide bonds. The maximum Gasteiger partial charge on any atom is 0.303 e. The number of hydrogen-bond donors (Lipinski definition) is 2. The van der Waals surface area contributed by atoms with Crippen molar-refractivity contribution in [3.05, 3.63) is 35.9 Å². The summed E-state index contributed by atoms with van der Waals surface area (Å²) in [7, 11) is 0. The molecular formula is C15H18N2O4. The summed E-state index contributed by atoms with van der Waals surface area (Å²) in [6.45, 7) is 0.942. The highest BCUT2D eigenvalue weighted by Crippen LogP contribution is 2.19. The van der Waals surface area contributed by atoms with Gasteiger partial charge in [-0.3, -0.25) is 14.4 Å². The highest BCUT2D eigenvalue weighted by atomic mass is 16.4. The standard InChI is InChI=1S/C15H18N2O4/c18-13(17-7-6-11(10-17)8-14(19)20)9-16-15(21)12-4-2-1-3-5-12/h1-5,11H,6-10H2,(H,16,21)(H,19,20). The third kappa shape index (κ3) is 4.30. The summed E-state index contributed by atoms with van der Waals surface area (Å²) in [4.78, 5) is 36.0. The van der Waals surface area contributed by atoms with E-state index in [9.17, 15) is 14.4 Å². The molecule has 0 spiro atoms. The molecule has 1 aliphatic heterocycles. The molecule has 1 fully saturated rings. The summed E-state index contributed by atoms with van der Waals surface area (Å²) in [5, 5.41) is 11.3. The molecule has 1 atom stereocenters. The van der Waals surface area contributed by atoms with Crippen molar-refractivity contribution in [2.75, 3.05) is 19.6 Å². The number of carboxylic acids is 1. The van der Waals surface area contributed by atoms with Gasteiger partial charge in [-0.05, 0) is 24.5 Å². The minimum atomic E-state index is -0.841. The molecule has 1 aromatic rings. The number of nitrogens with one attached hydrogen (secondary N) is 1. The van der Waals surface area contributed by atoms with Gasteiger partial charge in [0.05, 0.1) is 6.54 Å². The summed E-state index contributed by atoms with van der Waals surface area (Å²) in [6.07, 6.45) is 0.783. The van der Waals surface area contributed by atoms with Crippen LogP contribution >= 0.6 is 0 Å². The molecule has 1 unspecified atom stereocenters. The molecular weight excluding hydrogens is 272 g/mol. The first-order valence-corrected chi connectivity index (χ1v) is 6.89. The Morgan fingerprint density at radius 3 is 2.62 bits per heavy atom. The molecule has 0 radical (unpaired) electrons. The number of aliphatic carboxylic acids is 1. The van der Waals surface area contributed by atoms with Crippen LogP contribution in [0.15, 0.2) is 30.3 Å². The molecule has 6 heteroatoms. The fraction of sp³-hybridized carbons (Fsp3) is 0.400. The Hall–Kier alpha value is -2.37. The molecule has 0 bridgehead atoms. The van der Waals surface area contributed by atoms with Gasteiger partial charge in [0.25, 0.3) is 5.91 Å². The van der Waals surface area contributed by atoms with E-state index in [2.05, 4.69) is 5.32 Å². The van der Waals surface area contributed by atoms with Crippen molar-refractivity contribution in [2.45, 2.75) is 12.8 Å². The summed E-state index contributed by atoms with van der Waals surface area (Å²) in [5.74, 6) is -1.29. The molecule has 1 aliphatic rings. The van der Waals surface area contributed by atoms with Crippen LogP contribution in [0.2, 0.25) is 0 Å². The first-order valence-electron chi connectivity index (χ1n) is 6.89. The van der Waals surface area contributed by atoms with Gasteiger partial charge in [-0.1, -0.05) is 18.2 Å². The molecule has 2 rings (SSSR count). The highest BCUT2D eigenvalue weighted by molar-refractivity contribution is 5.96. The fourth-order valence-electron chi connectivity index (χ4n) is 2.43. The number of hydrogen-bond acceptors (Lipinski definition) is 3. The van der Waals surface area contributed by atoms with Gasteiger partial charge in [0.15, 0.2) is 0 Å². The van der Waals surface area contributed by atoms with Crippen LogP contribution in [0.1, 0.15) is 23.2 Å². The van der Waals surface area contributed by atoms with E-state index < -0.39 is 5.97 Å². The number of amides is 2. The van der Waals surface area contributed by atoms with Gasteiger partial charge in [0.2, 0.25) is 5.91 Å². The second kappa shape index (κ2) is 6.88. The summed E-state index contributed by atoms with van der Waals surface area (Å²) < 4.78 is 0. The Morgan fingerprint density at radius 1 is 1.24 bits per heavy atom. The Morgan fingerprint density at radius 2 is 1.95 bits per heavy atom. The molecule has 21 heavy (non-hydrogen) atoms. The van der Waals surface area contributed by atoms with E-state index in [1.807, 2.05) is 6.07 Å². The smallest absolute Gasteiger partial charge is 0.303 e.